The number of ketones is 1. The molecule has 2 saturated heterocycles. The fraction of sp³-hybridized carbons (Fsp3) is 0.423. The van der Waals surface area contributed by atoms with Crippen molar-refractivity contribution in [3.63, 3.8) is 0 Å². The molecule has 1 spiro atoms. The number of likely N-dealkylation sites (tertiary alicyclic amines) is 1. The molecule has 1 atom stereocenters. The SMILES string of the molecule is O=C1CC2(CCN(C(=O)NC3CC(=O)N(c4ccc5c(c4)OCCO5)C3)CC2)Oc2ccccc21. The van der Waals surface area contributed by atoms with Crippen LogP contribution in [0, 0.1) is 0 Å². The number of Topliss-reactive ketones (excluding diaryl/α,β-unsaturated/α-hetero) is 1. The van der Waals surface area contributed by atoms with E-state index in [2.05, 4.69) is 5.32 Å². The number of amides is 3. The van der Waals surface area contributed by atoms with Gasteiger partial charge in [-0.3, -0.25) is 9.59 Å². The average molecular weight is 478 g/mol. The van der Waals surface area contributed by atoms with Crippen molar-refractivity contribution in [1.29, 1.82) is 0 Å². The molecule has 0 aromatic heterocycles. The molecule has 9 heteroatoms. The quantitative estimate of drug-likeness (QED) is 0.715. The van der Waals surface area contributed by atoms with E-state index in [0.29, 0.717) is 74.9 Å². The fourth-order valence-electron chi connectivity index (χ4n) is 5.36. The number of urea groups is 1. The lowest BCUT2D eigenvalue weighted by molar-refractivity contribution is -0.117. The van der Waals surface area contributed by atoms with Crippen molar-refractivity contribution in [3.8, 4) is 17.2 Å². The van der Waals surface area contributed by atoms with Gasteiger partial charge in [-0.2, -0.15) is 0 Å². The van der Waals surface area contributed by atoms with E-state index in [-0.39, 0.29) is 30.2 Å². The van der Waals surface area contributed by atoms with E-state index in [9.17, 15) is 14.4 Å². The first kappa shape index (κ1) is 21.8. The van der Waals surface area contributed by atoms with Gasteiger partial charge in [0.2, 0.25) is 5.91 Å². The summed E-state index contributed by atoms with van der Waals surface area (Å²) in [6.45, 7) is 2.38. The number of benzene rings is 2. The van der Waals surface area contributed by atoms with E-state index < -0.39 is 5.60 Å². The van der Waals surface area contributed by atoms with Crippen molar-refractivity contribution in [1.82, 2.24) is 10.2 Å². The zero-order valence-electron chi connectivity index (χ0n) is 19.3. The number of carbonyl (C=O) groups excluding carboxylic acids is 3. The molecular weight excluding hydrogens is 450 g/mol. The number of ether oxygens (including phenoxy) is 3. The van der Waals surface area contributed by atoms with E-state index in [4.69, 9.17) is 14.2 Å². The normalized spacial score (nSPS) is 22.6. The minimum atomic E-state index is -0.555. The van der Waals surface area contributed by atoms with Gasteiger partial charge in [-0.15, -0.1) is 0 Å². The van der Waals surface area contributed by atoms with Crippen LogP contribution >= 0.6 is 0 Å². The Hall–Kier alpha value is -3.75. The highest BCUT2D eigenvalue weighted by Gasteiger charge is 2.44. The lowest BCUT2D eigenvalue weighted by Gasteiger charge is -2.44. The fourth-order valence-corrected chi connectivity index (χ4v) is 5.36. The Morgan fingerprint density at radius 3 is 2.57 bits per heavy atom. The number of fused-ring (bicyclic) bond motifs is 2. The second-order valence-electron chi connectivity index (χ2n) is 9.55. The molecule has 35 heavy (non-hydrogen) atoms. The van der Waals surface area contributed by atoms with Crippen molar-refractivity contribution in [2.24, 2.45) is 0 Å². The van der Waals surface area contributed by atoms with Gasteiger partial charge in [-0.1, -0.05) is 12.1 Å². The summed E-state index contributed by atoms with van der Waals surface area (Å²) < 4.78 is 17.4. The van der Waals surface area contributed by atoms with Gasteiger partial charge in [-0.05, 0) is 24.3 Å². The first-order valence-corrected chi connectivity index (χ1v) is 12.1. The van der Waals surface area contributed by atoms with Gasteiger partial charge in [0.05, 0.1) is 18.0 Å². The number of anilines is 1. The second-order valence-corrected chi connectivity index (χ2v) is 9.55. The zero-order chi connectivity index (χ0) is 24.0. The molecule has 4 heterocycles. The topological polar surface area (TPSA) is 97.4 Å². The van der Waals surface area contributed by atoms with Crippen LogP contribution in [0.5, 0.6) is 17.2 Å². The Bertz CT molecular complexity index is 1190. The Kier molecular flexibility index (Phi) is 5.27. The molecule has 0 radical (unpaired) electrons. The number of nitrogens with one attached hydrogen (secondary N) is 1. The summed E-state index contributed by atoms with van der Waals surface area (Å²) in [6, 6.07) is 12.3. The van der Waals surface area contributed by atoms with Crippen LogP contribution in [0.1, 0.15) is 36.0 Å². The second kappa shape index (κ2) is 8.48. The molecule has 1 unspecified atom stereocenters. The van der Waals surface area contributed by atoms with Crippen molar-refractivity contribution < 1.29 is 28.6 Å². The molecule has 4 aliphatic rings. The van der Waals surface area contributed by atoms with Crippen LogP contribution in [0.25, 0.3) is 0 Å². The highest BCUT2D eigenvalue weighted by Crippen LogP contribution is 2.39. The van der Waals surface area contributed by atoms with Gasteiger partial charge in [0.25, 0.3) is 0 Å². The molecule has 9 nitrogen and oxygen atoms in total. The summed E-state index contributed by atoms with van der Waals surface area (Å²) >= 11 is 0. The van der Waals surface area contributed by atoms with E-state index in [1.165, 1.54) is 0 Å². The average Bonchev–Trinajstić information content (AvgIpc) is 3.23. The summed E-state index contributed by atoms with van der Waals surface area (Å²) in [5.74, 6) is 1.98. The monoisotopic (exact) mass is 477 g/mol. The predicted molar refractivity (Wildman–Crippen MR) is 126 cm³/mol. The van der Waals surface area contributed by atoms with E-state index in [0.717, 1.165) is 5.69 Å². The van der Waals surface area contributed by atoms with E-state index in [1.807, 2.05) is 36.4 Å². The number of para-hydroxylation sites is 1. The summed E-state index contributed by atoms with van der Waals surface area (Å²) in [6.07, 6.45) is 1.76. The first-order chi connectivity index (χ1) is 17.0. The third kappa shape index (κ3) is 4.05. The highest BCUT2D eigenvalue weighted by molar-refractivity contribution is 6.00. The molecule has 2 aromatic rings. The molecule has 2 aromatic carbocycles. The Labute approximate surface area is 202 Å². The lowest BCUT2D eigenvalue weighted by Crippen LogP contribution is -2.55. The molecule has 2 fully saturated rings. The molecule has 6 rings (SSSR count). The Morgan fingerprint density at radius 2 is 1.74 bits per heavy atom. The smallest absolute Gasteiger partial charge is 0.317 e. The van der Waals surface area contributed by atoms with Crippen molar-refractivity contribution in [3.05, 3.63) is 48.0 Å². The van der Waals surface area contributed by atoms with Crippen LogP contribution in [0.4, 0.5) is 10.5 Å². The maximum absolute atomic E-state index is 13.0. The largest absolute Gasteiger partial charge is 0.486 e. The maximum Gasteiger partial charge on any atom is 0.317 e. The molecular formula is C26H27N3O6. The number of nitrogens with zero attached hydrogens (tertiary/aromatic N) is 2. The van der Waals surface area contributed by atoms with Gasteiger partial charge in [0, 0.05) is 50.7 Å². The third-order valence-electron chi connectivity index (χ3n) is 7.25. The molecule has 4 aliphatic heterocycles. The van der Waals surface area contributed by atoms with Crippen LogP contribution in [-0.4, -0.2) is 67.1 Å². The molecule has 1 N–H and O–H groups in total. The molecule has 0 aliphatic carbocycles. The number of carbonyl (C=O) groups is 3. The van der Waals surface area contributed by atoms with Gasteiger partial charge < -0.3 is 29.3 Å². The summed E-state index contributed by atoms with van der Waals surface area (Å²) in [4.78, 5) is 41.7. The summed E-state index contributed by atoms with van der Waals surface area (Å²) in [7, 11) is 0. The minimum absolute atomic E-state index is 0.0441. The van der Waals surface area contributed by atoms with Crippen LogP contribution in [0.2, 0.25) is 0 Å². The van der Waals surface area contributed by atoms with Crippen LogP contribution in [0.15, 0.2) is 42.5 Å². The molecule has 0 bridgehead atoms. The van der Waals surface area contributed by atoms with Gasteiger partial charge in [0.15, 0.2) is 17.3 Å². The Morgan fingerprint density at radius 1 is 0.971 bits per heavy atom. The standard InChI is InChI=1S/C26H27N3O6/c30-20-15-26(35-21-4-2-1-3-19(20)21)7-9-28(10-8-26)25(32)27-17-13-24(31)29(16-17)18-5-6-22-23(14-18)34-12-11-33-22/h1-6,14,17H,7-13,15-16H2,(H,27,32). The lowest BCUT2D eigenvalue weighted by atomic mass is 9.82. The number of piperidine rings is 1. The number of hydrogen-bond donors (Lipinski definition) is 1. The van der Waals surface area contributed by atoms with Crippen molar-refractivity contribution in [2.45, 2.75) is 37.3 Å². The summed E-state index contributed by atoms with van der Waals surface area (Å²) in [5.41, 5.74) is 0.808. The van der Waals surface area contributed by atoms with Crippen LogP contribution in [0.3, 0.4) is 0 Å². The number of hydrogen-bond acceptors (Lipinski definition) is 6. The number of rotatable bonds is 2. The highest BCUT2D eigenvalue weighted by atomic mass is 16.6. The maximum atomic E-state index is 13.0. The first-order valence-electron chi connectivity index (χ1n) is 12.1. The van der Waals surface area contributed by atoms with Crippen LogP contribution < -0.4 is 24.4 Å². The Balaban J connectivity index is 1.06. The zero-order valence-corrected chi connectivity index (χ0v) is 19.3. The third-order valence-corrected chi connectivity index (χ3v) is 7.25. The van der Waals surface area contributed by atoms with Gasteiger partial charge in [-0.25, -0.2) is 4.79 Å². The van der Waals surface area contributed by atoms with Crippen LogP contribution in [-0.2, 0) is 4.79 Å². The van der Waals surface area contributed by atoms with E-state index >= 15 is 0 Å². The minimum Gasteiger partial charge on any atom is -0.486 e. The van der Waals surface area contributed by atoms with Crippen molar-refractivity contribution >= 4 is 23.4 Å². The molecule has 0 saturated carbocycles. The van der Waals surface area contributed by atoms with Crippen molar-refractivity contribution in [2.75, 3.05) is 37.7 Å². The van der Waals surface area contributed by atoms with Gasteiger partial charge in [0.1, 0.15) is 24.6 Å². The molecule has 182 valence electrons. The summed E-state index contributed by atoms with van der Waals surface area (Å²) in [5, 5.41) is 3.02. The van der Waals surface area contributed by atoms with E-state index in [1.54, 1.807) is 15.9 Å². The molecule has 3 amide bonds. The van der Waals surface area contributed by atoms with Gasteiger partial charge >= 0.3 is 6.03 Å². The predicted octanol–water partition coefficient (Wildman–Crippen LogP) is 2.77.